The molecule has 0 saturated carbocycles. The van der Waals surface area contributed by atoms with E-state index in [1.54, 1.807) is 25.3 Å². The number of nitrogens with one attached hydrogen (secondary N) is 2. The van der Waals surface area contributed by atoms with Gasteiger partial charge in [-0.05, 0) is 37.4 Å². The summed E-state index contributed by atoms with van der Waals surface area (Å²) in [7, 11) is -1.25. The van der Waals surface area contributed by atoms with Gasteiger partial charge in [0.1, 0.15) is 0 Å². The third-order valence-electron chi connectivity index (χ3n) is 4.28. The Morgan fingerprint density at radius 1 is 1.38 bits per heavy atom. The molecule has 0 radical (unpaired) electrons. The Hall–Kier alpha value is -1.12. The fourth-order valence-electron chi connectivity index (χ4n) is 2.83. The summed E-state index contributed by atoms with van der Waals surface area (Å²) in [4.78, 5) is 8.06. The Morgan fingerprint density at radius 2 is 2.12 bits per heavy atom. The topological polar surface area (TPSA) is 73.8 Å². The van der Waals surface area contributed by atoms with E-state index in [9.17, 15) is 8.42 Å². The van der Waals surface area contributed by atoms with Crippen LogP contribution in [0.4, 0.5) is 0 Å². The second-order valence-electron chi connectivity index (χ2n) is 5.89. The van der Waals surface area contributed by atoms with Crippen molar-refractivity contribution in [3.8, 4) is 0 Å². The highest BCUT2D eigenvalue weighted by molar-refractivity contribution is 7.91. The van der Waals surface area contributed by atoms with E-state index in [0.717, 1.165) is 19.6 Å². The molecule has 1 atom stereocenters. The Kier molecular flexibility index (Phi) is 7.51. The smallest absolute Gasteiger partial charge is 0.191 e. The fraction of sp³-hybridized carbons (Fsp3) is 0.688. The lowest BCUT2D eigenvalue weighted by molar-refractivity contribution is 0.249. The Balaban J connectivity index is 1.87. The van der Waals surface area contributed by atoms with Gasteiger partial charge < -0.3 is 10.6 Å². The first-order chi connectivity index (χ1) is 11.6. The summed E-state index contributed by atoms with van der Waals surface area (Å²) in [5.41, 5.74) is 0. The molecule has 136 valence electrons. The maximum atomic E-state index is 11.6. The van der Waals surface area contributed by atoms with Crippen LogP contribution in [0.15, 0.2) is 22.5 Å². The minimum absolute atomic E-state index is 0.130. The lowest BCUT2D eigenvalue weighted by Crippen LogP contribution is -2.43. The Labute approximate surface area is 149 Å². The third kappa shape index (κ3) is 5.75. The van der Waals surface area contributed by atoms with Gasteiger partial charge in [-0.2, -0.15) is 0 Å². The highest BCUT2D eigenvalue weighted by atomic mass is 32.2. The summed E-state index contributed by atoms with van der Waals surface area (Å²) in [5.74, 6) is 0.961. The minimum atomic E-state index is -2.96. The van der Waals surface area contributed by atoms with Crippen molar-refractivity contribution < 1.29 is 8.42 Å². The average molecular weight is 373 g/mol. The molecule has 24 heavy (non-hydrogen) atoms. The van der Waals surface area contributed by atoms with Gasteiger partial charge in [0, 0.05) is 30.8 Å². The van der Waals surface area contributed by atoms with Gasteiger partial charge in [-0.15, -0.1) is 11.3 Å². The second kappa shape index (κ2) is 9.39. The van der Waals surface area contributed by atoms with Gasteiger partial charge in [0.25, 0.3) is 0 Å². The molecule has 1 aromatic heterocycles. The van der Waals surface area contributed by atoms with E-state index in [0.29, 0.717) is 18.5 Å². The third-order valence-corrected chi connectivity index (χ3v) is 6.96. The number of likely N-dealkylation sites (tertiary alicyclic amines) is 1. The van der Waals surface area contributed by atoms with Crippen molar-refractivity contribution in [2.45, 2.75) is 25.8 Å². The van der Waals surface area contributed by atoms with E-state index in [1.165, 1.54) is 17.7 Å². The zero-order valence-corrected chi connectivity index (χ0v) is 16.1. The van der Waals surface area contributed by atoms with Crippen molar-refractivity contribution in [2.24, 2.45) is 4.99 Å². The van der Waals surface area contributed by atoms with Crippen LogP contribution >= 0.6 is 11.3 Å². The van der Waals surface area contributed by atoms with Crippen LogP contribution in [0.3, 0.4) is 0 Å². The molecule has 1 aliphatic rings. The van der Waals surface area contributed by atoms with Crippen LogP contribution in [-0.4, -0.2) is 64.0 Å². The second-order valence-corrected chi connectivity index (χ2v) is 9.34. The first-order valence-corrected chi connectivity index (χ1v) is 11.2. The standard InChI is InChI=1S/C16H28N4O2S2/c1-3-24(21,22)12-8-18-16(17-2)19-13-14(15-7-6-11-23-15)20-9-4-5-10-20/h6-7,11,14H,3-5,8-10,12-13H2,1-2H3,(H2,17,18,19). The molecule has 1 aromatic rings. The van der Waals surface area contributed by atoms with Crippen molar-refractivity contribution in [3.63, 3.8) is 0 Å². The molecule has 0 bridgehead atoms. The molecular formula is C16H28N4O2S2. The number of sulfone groups is 1. The molecule has 1 fully saturated rings. The molecule has 2 rings (SSSR count). The SMILES string of the molecule is CCS(=O)(=O)CCNC(=NC)NCC(c1cccs1)N1CCCC1. The molecule has 1 saturated heterocycles. The van der Waals surface area contributed by atoms with E-state index in [2.05, 4.69) is 38.0 Å². The van der Waals surface area contributed by atoms with Gasteiger partial charge >= 0.3 is 0 Å². The van der Waals surface area contributed by atoms with Crippen LogP contribution in [-0.2, 0) is 9.84 Å². The van der Waals surface area contributed by atoms with Crippen LogP contribution in [0.25, 0.3) is 0 Å². The molecule has 0 aliphatic carbocycles. The van der Waals surface area contributed by atoms with Gasteiger partial charge in [0.2, 0.25) is 0 Å². The monoisotopic (exact) mass is 372 g/mol. The minimum Gasteiger partial charge on any atom is -0.355 e. The van der Waals surface area contributed by atoms with Crippen LogP contribution in [0.1, 0.15) is 30.7 Å². The van der Waals surface area contributed by atoms with Gasteiger partial charge in [0.05, 0.1) is 11.8 Å². The predicted molar refractivity (Wildman–Crippen MR) is 102 cm³/mol. The lowest BCUT2D eigenvalue weighted by atomic mass is 10.2. The van der Waals surface area contributed by atoms with Crippen molar-refractivity contribution >= 4 is 27.1 Å². The maximum absolute atomic E-state index is 11.6. The maximum Gasteiger partial charge on any atom is 0.191 e. The fourth-order valence-corrected chi connectivity index (χ4v) is 4.39. The first-order valence-electron chi connectivity index (χ1n) is 8.48. The summed E-state index contributed by atoms with van der Waals surface area (Å²) >= 11 is 1.78. The quantitative estimate of drug-likeness (QED) is 0.534. The average Bonchev–Trinajstić information content (AvgIpc) is 3.27. The van der Waals surface area contributed by atoms with Crippen LogP contribution in [0, 0.1) is 0 Å². The van der Waals surface area contributed by atoms with Crippen molar-refractivity contribution in [3.05, 3.63) is 22.4 Å². The van der Waals surface area contributed by atoms with Gasteiger partial charge in [-0.1, -0.05) is 13.0 Å². The molecule has 0 amide bonds. The van der Waals surface area contributed by atoms with Crippen molar-refractivity contribution in [1.82, 2.24) is 15.5 Å². The van der Waals surface area contributed by atoms with E-state index in [1.807, 2.05) is 0 Å². The van der Waals surface area contributed by atoms with Gasteiger partial charge in [-0.3, -0.25) is 9.89 Å². The van der Waals surface area contributed by atoms with E-state index < -0.39 is 9.84 Å². The van der Waals surface area contributed by atoms with Crippen molar-refractivity contribution in [2.75, 3.05) is 44.7 Å². The molecule has 0 aromatic carbocycles. The van der Waals surface area contributed by atoms with Crippen LogP contribution in [0.5, 0.6) is 0 Å². The molecule has 1 aliphatic heterocycles. The zero-order chi connectivity index (χ0) is 17.4. The summed E-state index contributed by atoms with van der Waals surface area (Å²) in [6, 6.07) is 4.61. The van der Waals surface area contributed by atoms with Gasteiger partial charge in [0.15, 0.2) is 15.8 Å². The summed E-state index contributed by atoms with van der Waals surface area (Å²) < 4.78 is 23.1. The number of nitrogens with zero attached hydrogens (tertiary/aromatic N) is 2. The normalized spacial score (nSPS) is 17.8. The highest BCUT2D eigenvalue weighted by Crippen LogP contribution is 2.27. The van der Waals surface area contributed by atoms with E-state index in [4.69, 9.17) is 0 Å². The molecule has 8 heteroatoms. The molecule has 0 spiro atoms. The predicted octanol–water partition coefficient (Wildman–Crippen LogP) is 1.48. The van der Waals surface area contributed by atoms with Gasteiger partial charge in [-0.25, -0.2) is 8.42 Å². The van der Waals surface area contributed by atoms with Crippen LogP contribution < -0.4 is 10.6 Å². The van der Waals surface area contributed by atoms with E-state index in [-0.39, 0.29) is 11.5 Å². The lowest BCUT2D eigenvalue weighted by Gasteiger charge is -2.27. The number of hydrogen-bond donors (Lipinski definition) is 2. The Bertz CT molecular complexity index is 608. The molecule has 6 nitrogen and oxygen atoms in total. The number of guanidine groups is 1. The largest absolute Gasteiger partial charge is 0.355 e. The van der Waals surface area contributed by atoms with Crippen LogP contribution in [0.2, 0.25) is 0 Å². The van der Waals surface area contributed by atoms with Crippen molar-refractivity contribution in [1.29, 1.82) is 0 Å². The molecule has 1 unspecified atom stereocenters. The molecule has 2 heterocycles. The number of aliphatic imine (C=N–C) groups is 1. The molecule has 2 N–H and O–H groups in total. The summed E-state index contributed by atoms with van der Waals surface area (Å²) in [5, 5.41) is 8.56. The number of thiophene rings is 1. The summed E-state index contributed by atoms with van der Waals surface area (Å²) in [6.45, 7) is 5.07. The highest BCUT2D eigenvalue weighted by Gasteiger charge is 2.24. The number of hydrogen-bond acceptors (Lipinski definition) is 5. The molecular weight excluding hydrogens is 344 g/mol. The van der Waals surface area contributed by atoms with E-state index >= 15 is 0 Å². The Morgan fingerprint density at radius 3 is 2.71 bits per heavy atom. The number of rotatable bonds is 8. The first kappa shape index (κ1) is 19.2. The summed E-state index contributed by atoms with van der Waals surface area (Å²) in [6.07, 6.45) is 2.51. The zero-order valence-electron chi connectivity index (χ0n) is 14.5.